The zero-order valence-corrected chi connectivity index (χ0v) is 12.4. The van der Waals surface area contributed by atoms with Crippen LogP contribution in [0.15, 0.2) is 52.6 Å². The van der Waals surface area contributed by atoms with Crippen LogP contribution in [0.4, 0.5) is 3.89 Å². The van der Waals surface area contributed by atoms with Gasteiger partial charge in [-0.05, 0) is 30.0 Å². The third-order valence-electron chi connectivity index (χ3n) is 2.83. The van der Waals surface area contributed by atoms with Crippen molar-refractivity contribution in [3.05, 3.63) is 42.9 Å². The molecule has 0 amide bonds. The first-order valence-corrected chi connectivity index (χ1v) is 7.87. The molecular weight excluding hydrogens is 293 g/mol. The first-order valence-electron chi connectivity index (χ1n) is 6.17. The Morgan fingerprint density at radius 3 is 3.05 bits per heavy atom. The highest BCUT2D eigenvalue weighted by molar-refractivity contribution is 7.99. The van der Waals surface area contributed by atoms with Crippen LogP contribution in [-0.4, -0.2) is 20.1 Å². The molecule has 20 heavy (non-hydrogen) atoms. The number of pyridine rings is 2. The van der Waals surface area contributed by atoms with E-state index in [1.165, 1.54) is 0 Å². The number of imidazole rings is 1. The molecular formula is C14H12FN3S2. The van der Waals surface area contributed by atoms with Crippen molar-refractivity contribution in [2.45, 2.75) is 16.7 Å². The lowest BCUT2D eigenvalue weighted by molar-refractivity contribution is 0.933. The molecule has 0 bridgehead atoms. The van der Waals surface area contributed by atoms with Crippen molar-refractivity contribution in [1.82, 2.24) is 14.4 Å². The van der Waals surface area contributed by atoms with E-state index in [4.69, 9.17) is 0 Å². The molecule has 0 fully saturated rings. The molecule has 0 aliphatic heterocycles. The summed E-state index contributed by atoms with van der Waals surface area (Å²) in [6.45, 7) is 2.11. The van der Waals surface area contributed by atoms with Gasteiger partial charge in [0, 0.05) is 28.4 Å². The first-order chi connectivity index (χ1) is 9.81. The van der Waals surface area contributed by atoms with Gasteiger partial charge in [0.2, 0.25) is 0 Å². The van der Waals surface area contributed by atoms with Crippen molar-refractivity contribution in [3.8, 4) is 11.4 Å². The van der Waals surface area contributed by atoms with Crippen molar-refractivity contribution in [1.29, 1.82) is 0 Å². The number of hydrogen-bond donors (Lipinski definition) is 0. The van der Waals surface area contributed by atoms with E-state index in [-0.39, 0.29) is 12.1 Å². The third-order valence-corrected chi connectivity index (χ3v) is 4.20. The zero-order valence-electron chi connectivity index (χ0n) is 10.8. The van der Waals surface area contributed by atoms with Crippen molar-refractivity contribution < 1.29 is 3.89 Å². The summed E-state index contributed by atoms with van der Waals surface area (Å²) < 4.78 is 14.5. The predicted molar refractivity (Wildman–Crippen MR) is 81.8 cm³/mol. The van der Waals surface area contributed by atoms with E-state index in [0.717, 1.165) is 27.7 Å². The number of nitrogens with zero attached hydrogens (tertiary/aromatic N) is 3. The van der Waals surface area contributed by atoms with Gasteiger partial charge in [0.05, 0.1) is 12.1 Å². The summed E-state index contributed by atoms with van der Waals surface area (Å²) in [4.78, 5) is 10.6. The van der Waals surface area contributed by atoms with Gasteiger partial charge in [-0.3, -0.25) is 4.98 Å². The smallest absolute Gasteiger partial charge is 0.138 e. The number of rotatable bonds is 4. The highest BCUT2D eigenvalue weighted by Crippen LogP contribution is 2.29. The highest BCUT2D eigenvalue weighted by atomic mass is 32.2. The standard InChI is InChI=1S/C14H12FN3S2/c1-2-19-12-4-3-6-16-14(12)11-9-18-7-5-10(20-15)8-13(18)17-11/h3-9H,2H2,1H3. The second-order valence-corrected chi connectivity index (χ2v) is 6.05. The van der Waals surface area contributed by atoms with Gasteiger partial charge in [-0.25, -0.2) is 4.98 Å². The molecule has 0 spiro atoms. The van der Waals surface area contributed by atoms with Gasteiger partial charge in [0.25, 0.3) is 0 Å². The summed E-state index contributed by atoms with van der Waals surface area (Å²) in [5.74, 6) is 0.981. The lowest BCUT2D eigenvalue weighted by atomic mass is 10.3. The van der Waals surface area contributed by atoms with E-state index >= 15 is 0 Å². The zero-order chi connectivity index (χ0) is 13.9. The maximum atomic E-state index is 12.6. The Morgan fingerprint density at radius 2 is 2.25 bits per heavy atom. The molecule has 3 aromatic rings. The highest BCUT2D eigenvalue weighted by Gasteiger charge is 2.11. The van der Waals surface area contributed by atoms with Crippen LogP contribution in [0.2, 0.25) is 0 Å². The Labute approximate surface area is 124 Å². The molecule has 0 unspecified atom stereocenters. The summed E-state index contributed by atoms with van der Waals surface area (Å²) in [5.41, 5.74) is 2.40. The summed E-state index contributed by atoms with van der Waals surface area (Å²) >= 11 is 1.97. The summed E-state index contributed by atoms with van der Waals surface area (Å²) in [6, 6.07) is 7.42. The Morgan fingerprint density at radius 1 is 1.35 bits per heavy atom. The van der Waals surface area contributed by atoms with Crippen molar-refractivity contribution in [3.63, 3.8) is 0 Å². The number of aromatic nitrogens is 3. The monoisotopic (exact) mass is 305 g/mol. The molecule has 3 aromatic heterocycles. The minimum absolute atomic E-state index is 0.227. The van der Waals surface area contributed by atoms with E-state index in [9.17, 15) is 3.89 Å². The van der Waals surface area contributed by atoms with E-state index in [0.29, 0.717) is 4.90 Å². The maximum Gasteiger partial charge on any atom is 0.138 e. The lowest BCUT2D eigenvalue weighted by Crippen LogP contribution is -1.87. The van der Waals surface area contributed by atoms with Crippen LogP contribution in [0.5, 0.6) is 0 Å². The predicted octanol–water partition coefficient (Wildman–Crippen LogP) is 4.48. The van der Waals surface area contributed by atoms with Gasteiger partial charge in [-0.2, -0.15) is 3.89 Å². The molecule has 0 saturated carbocycles. The largest absolute Gasteiger partial charge is 0.306 e. The average Bonchev–Trinajstić information content (AvgIpc) is 2.90. The number of halogens is 1. The van der Waals surface area contributed by atoms with E-state index < -0.39 is 0 Å². The van der Waals surface area contributed by atoms with Crippen LogP contribution in [0, 0.1) is 0 Å². The lowest BCUT2D eigenvalue weighted by Gasteiger charge is -2.03. The molecule has 0 aliphatic rings. The first kappa shape index (κ1) is 13.5. The fraction of sp³-hybridized carbons (Fsp3) is 0.143. The van der Waals surface area contributed by atoms with Crippen LogP contribution >= 0.6 is 23.9 Å². The Balaban J connectivity index is 2.10. The second-order valence-electron chi connectivity index (χ2n) is 4.11. The molecule has 0 saturated heterocycles. The summed E-state index contributed by atoms with van der Waals surface area (Å²) in [7, 11) is 0. The van der Waals surface area contributed by atoms with E-state index in [2.05, 4.69) is 16.9 Å². The fourth-order valence-corrected chi connectivity index (χ4v) is 3.02. The molecule has 0 aliphatic carbocycles. The van der Waals surface area contributed by atoms with Gasteiger partial charge < -0.3 is 4.40 Å². The molecule has 3 nitrogen and oxygen atoms in total. The van der Waals surface area contributed by atoms with Crippen molar-refractivity contribution in [2.24, 2.45) is 0 Å². The minimum atomic E-state index is 0.227. The maximum absolute atomic E-state index is 12.6. The molecule has 0 radical (unpaired) electrons. The molecule has 3 rings (SSSR count). The SMILES string of the molecule is CCSc1cccnc1-c1cn2ccc(SF)cc2n1. The Hall–Kier alpha value is -1.53. The van der Waals surface area contributed by atoms with Crippen LogP contribution in [0.25, 0.3) is 17.0 Å². The molecule has 0 aromatic carbocycles. The van der Waals surface area contributed by atoms with Gasteiger partial charge in [-0.15, -0.1) is 11.8 Å². The number of thioether (sulfide) groups is 1. The summed E-state index contributed by atoms with van der Waals surface area (Å²) in [6.07, 6.45) is 5.50. The van der Waals surface area contributed by atoms with Crippen LogP contribution in [-0.2, 0) is 0 Å². The van der Waals surface area contributed by atoms with E-state index in [1.807, 2.05) is 28.9 Å². The topological polar surface area (TPSA) is 30.2 Å². The van der Waals surface area contributed by atoms with Crippen LogP contribution in [0.1, 0.15) is 6.92 Å². The van der Waals surface area contributed by atoms with Crippen molar-refractivity contribution in [2.75, 3.05) is 5.75 Å². The molecule has 3 heterocycles. The van der Waals surface area contributed by atoms with Gasteiger partial charge >= 0.3 is 0 Å². The fourth-order valence-electron chi connectivity index (χ4n) is 1.98. The quantitative estimate of drug-likeness (QED) is 0.665. The van der Waals surface area contributed by atoms with Crippen LogP contribution in [0.3, 0.4) is 0 Å². The minimum Gasteiger partial charge on any atom is -0.306 e. The Kier molecular flexibility index (Phi) is 3.93. The third kappa shape index (κ3) is 2.53. The molecule has 6 heteroatoms. The van der Waals surface area contributed by atoms with Gasteiger partial charge in [-0.1, -0.05) is 6.92 Å². The van der Waals surface area contributed by atoms with Gasteiger partial charge in [0.15, 0.2) is 0 Å². The number of fused-ring (bicyclic) bond motifs is 1. The normalized spacial score (nSPS) is 11.1. The molecule has 0 N–H and O–H groups in total. The Bertz CT molecular complexity index is 742. The average molecular weight is 305 g/mol. The van der Waals surface area contributed by atoms with E-state index in [1.54, 1.807) is 30.1 Å². The number of hydrogen-bond acceptors (Lipinski definition) is 4. The van der Waals surface area contributed by atoms with Crippen molar-refractivity contribution >= 4 is 29.6 Å². The molecule has 0 atom stereocenters. The molecule has 102 valence electrons. The summed E-state index contributed by atoms with van der Waals surface area (Å²) in [5, 5.41) is 0. The second kappa shape index (κ2) is 5.85. The van der Waals surface area contributed by atoms with Crippen LogP contribution < -0.4 is 0 Å². The van der Waals surface area contributed by atoms with Gasteiger partial charge in [0.1, 0.15) is 17.0 Å².